The molecule has 0 saturated carbocycles. The van der Waals surface area contributed by atoms with Crippen molar-refractivity contribution in [1.29, 1.82) is 5.26 Å². The van der Waals surface area contributed by atoms with E-state index in [1.54, 1.807) is 30.0 Å². The Kier molecular flexibility index (Phi) is 4.05. The number of allylic oxidation sites excluding steroid dienone is 1. The van der Waals surface area contributed by atoms with Crippen molar-refractivity contribution in [3.05, 3.63) is 93.3 Å². The van der Waals surface area contributed by atoms with Gasteiger partial charge in [-0.1, -0.05) is 36.4 Å². The Balaban J connectivity index is 2.01. The number of aryl methyl sites for hydroxylation is 1. The number of hydrogen-bond acceptors (Lipinski definition) is 7. The summed E-state index contributed by atoms with van der Waals surface area (Å²) in [7, 11) is 0. The fourth-order valence-electron chi connectivity index (χ4n) is 3.45. The zero-order chi connectivity index (χ0) is 19.8. The van der Waals surface area contributed by atoms with Crippen LogP contribution in [0.15, 0.2) is 70.4 Å². The van der Waals surface area contributed by atoms with Crippen LogP contribution in [0.1, 0.15) is 23.1 Å². The van der Waals surface area contributed by atoms with Gasteiger partial charge in [0.05, 0.1) is 28.2 Å². The van der Waals surface area contributed by atoms with Crippen LogP contribution in [-0.2, 0) is 0 Å². The molecule has 0 spiro atoms. The number of nitro groups is 1. The van der Waals surface area contributed by atoms with Gasteiger partial charge in [-0.2, -0.15) is 5.26 Å². The van der Waals surface area contributed by atoms with Crippen LogP contribution in [0.5, 0.6) is 0 Å². The number of oxazole rings is 1. The molecule has 2 aromatic carbocycles. The van der Waals surface area contributed by atoms with Crippen molar-refractivity contribution in [1.82, 2.24) is 4.98 Å². The van der Waals surface area contributed by atoms with E-state index in [1.165, 1.54) is 6.07 Å². The lowest BCUT2D eigenvalue weighted by Crippen LogP contribution is -2.31. The molecule has 1 aliphatic heterocycles. The van der Waals surface area contributed by atoms with Gasteiger partial charge in [-0.05, 0) is 12.1 Å². The third-order valence-electron chi connectivity index (χ3n) is 4.60. The van der Waals surface area contributed by atoms with Crippen molar-refractivity contribution >= 4 is 17.3 Å². The summed E-state index contributed by atoms with van der Waals surface area (Å²) in [6.45, 7) is 1.68. The van der Waals surface area contributed by atoms with Gasteiger partial charge in [0, 0.05) is 18.6 Å². The molecule has 0 fully saturated rings. The zero-order valence-electron chi connectivity index (χ0n) is 14.9. The first kappa shape index (κ1) is 17.3. The maximum absolute atomic E-state index is 11.6. The molecule has 3 aromatic rings. The van der Waals surface area contributed by atoms with Crippen LogP contribution in [0.4, 0.5) is 17.3 Å². The van der Waals surface area contributed by atoms with Crippen LogP contribution < -0.4 is 10.6 Å². The van der Waals surface area contributed by atoms with E-state index in [0.29, 0.717) is 28.7 Å². The van der Waals surface area contributed by atoms with E-state index in [0.717, 1.165) is 0 Å². The average molecular weight is 373 g/mol. The molecule has 0 amide bonds. The largest absolute Gasteiger partial charge is 0.424 e. The first-order valence-electron chi connectivity index (χ1n) is 8.48. The Hall–Kier alpha value is -4.12. The first-order valence-corrected chi connectivity index (χ1v) is 8.48. The second kappa shape index (κ2) is 6.55. The summed E-state index contributed by atoms with van der Waals surface area (Å²) in [6, 6.07) is 17.6. The van der Waals surface area contributed by atoms with Gasteiger partial charge >= 0.3 is 0 Å². The van der Waals surface area contributed by atoms with Gasteiger partial charge in [-0.15, -0.1) is 0 Å². The average Bonchev–Trinajstić information content (AvgIpc) is 3.08. The topological polar surface area (TPSA) is 122 Å². The van der Waals surface area contributed by atoms with Crippen molar-refractivity contribution in [2.75, 3.05) is 4.90 Å². The van der Waals surface area contributed by atoms with Gasteiger partial charge < -0.3 is 10.2 Å². The number of nitro benzene ring substituents is 1. The van der Waals surface area contributed by atoms with Crippen LogP contribution in [0.3, 0.4) is 0 Å². The molecule has 0 bridgehead atoms. The van der Waals surface area contributed by atoms with E-state index in [-0.39, 0.29) is 17.1 Å². The van der Waals surface area contributed by atoms with E-state index >= 15 is 0 Å². The molecule has 1 aliphatic rings. The second-order valence-corrected chi connectivity index (χ2v) is 6.25. The number of benzene rings is 2. The third kappa shape index (κ3) is 2.57. The first-order chi connectivity index (χ1) is 13.5. The Labute approximate surface area is 160 Å². The molecule has 0 aliphatic carbocycles. The Morgan fingerprint density at radius 1 is 1.21 bits per heavy atom. The van der Waals surface area contributed by atoms with E-state index in [2.05, 4.69) is 11.1 Å². The summed E-state index contributed by atoms with van der Waals surface area (Å²) >= 11 is 0. The van der Waals surface area contributed by atoms with E-state index in [4.69, 9.17) is 10.2 Å². The number of nitrogens with two attached hydrogens (primary N) is 1. The maximum Gasteiger partial charge on any atom is 0.273 e. The minimum absolute atomic E-state index is 0.104. The standard InChI is InChI=1S/C20H15N5O3/c1-12-23-18-17(14-9-5-6-10-16(14)25(26)27)15(11-21)19(22)24(20(18)28-12)13-7-3-2-4-8-13/h2-10,17H,22H2,1H3. The predicted molar refractivity (Wildman–Crippen MR) is 102 cm³/mol. The quantitative estimate of drug-likeness (QED) is 0.546. The number of hydrogen-bond donors (Lipinski definition) is 1. The molecule has 1 aromatic heterocycles. The molecule has 8 nitrogen and oxygen atoms in total. The molecule has 1 unspecified atom stereocenters. The minimum atomic E-state index is -0.793. The SMILES string of the molecule is Cc1nc2c(o1)N(c1ccccc1)C(N)=C(C#N)C2c1ccccc1[N+](=O)[O-]. The van der Waals surface area contributed by atoms with Crippen LogP contribution >= 0.6 is 0 Å². The lowest BCUT2D eigenvalue weighted by atomic mass is 9.85. The van der Waals surface area contributed by atoms with Crippen molar-refractivity contribution in [3.8, 4) is 6.07 Å². The van der Waals surface area contributed by atoms with E-state index in [1.807, 2.05) is 30.3 Å². The summed E-state index contributed by atoms with van der Waals surface area (Å²) in [5.41, 5.74) is 7.90. The fraction of sp³-hybridized carbons (Fsp3) is 0.100. The maximum atomic E-state index is 11.6. The van der Waals surface area contributed by atoms with Gasteiger partial charge in [-0.3, -0.25) is 15.0 Å². The van der Waals surface area contributed by atoms with E-state index < -0.39 is 10.8 Å². The molecule has 2 N–H and O–H groups in total. The molecule has 0 saturated heterocycles. The summed E-state index contributed by atoms with van der Waals surface area (Å²) < 4.78 is 5.81. The lowest BCUT2D eigenvalue weighted by molar-refractivity contribution is -0.385. The zero-order valence-corrected chi connectivity index (χ0v) is 14.9. The molecule has 4 rings (SSSR count). The highest BCUT2D eigenvalue weighted by atomic mass is 16.6. The number of para-hydroxylation sites is 2. The number of rotatable bonds is 3. The second-order valence-electron chi connectivity index (χ2n) is 6.25. The van der Waals surface area contributed by atoms with Gasteiger partial charge in [0.2, 0.25) is 5.88 Å². The highest BCUT2D eigenvalue weighted by Gasteiger charge is 2.40. The molecule has 0 radical (unpaired) electrons. The van der Waals surface area contributed by atoms with Gasteiger partial charge in [-0.25, -0.2) is 4.98 Å². The summed E-state index contributed by atoms with van der Waals surface area (Å²) in [5.74, 6) is 0.0874. The highest BCUT2D eigenvalue weighted by molar-refractivity contribution is 5.74. The third-order valence-corrected chi connectivity index (χ3v) is 4.60. The molecular weight excluding hydrogens is 358 g/mol. The molecule has 1 atom stereocenters. The normalized spacial score (nSPS) is 15.9. The highest BCUT2D eigenvalue weighted by Crippen LogP contribution is 2.47. The van der Waals surface area contributed by atoms with Gasteiger partial charge in [0.15, 0.2) is 5.89 Å². The smallest absolute Gasteiger partial charge is 0.273 e. The number of anilines is 2. The lowest BCUT2D eigenvalue weighted by Gasteiger charge is -2.31. The number of fused-ring (bicyclic) bond motifs is 1. The van der Waals surface area contributed by atoms with E-state index in [9.17, 15) is 15.4 Å². The van der Waals surface area contributed by atoms with Crippen LogP contribution in [-0.4, -0.2) is 9.91 Å². The van der Waals surface area contributed by atoms with Crippen LogP contribution in [0.25, 0.3) is 0 Å². The van der Waals surface area contributed by atoms with Gasteiger partial charge in [0.25, 0.3) is 5.69 Å². The molecule has 8 heteroatoms. The van der Waals surface area contributed by atoms with Crippen molar-refractivity contribution in [2.24, 2.45) is 5.73 Å². The summed E-state index contributed by atoms with van der Waals surface area (Å²) in [6.07, 6.45) is 0. The van der Waals surface area contributed by atoms with Crippen LogP contribution in [0, 0.1) is 28.4 Å². The Morgan fingerprint density at radius 2 is 1.89 bits per heavy atom. The Bertz CT molecular complexity index is 1140. The number of nitrogens with zero attached hydrogens (tertiary/aromatic N) is 4. The van der Waals surface area contributed by atoms with Crippen molar-refractivity contribution < 1.29 is 9.34 Å². The predicted octanol–water partition coefficient (Wildman–Crippen LogP) is 3.87. The molecule has 138 valence electrons. The number of nitriles is 1. The van der Waals surface area contributed by atoms with Gasteiger partial charge in [0.1, 0.15) is 11.5 Å². The van der Waals surface area contributed by atoms with Crippen LogP contribution in [0.2, 0.25) is 0 Å². The monoisotopic (exact) mass is 373 g/mol. The molecule has 2 heterocycles. The van der Waals surface area contributed by atoms with Crippen molar-refractivity contribution in [2.45, 2.75) is 12.8 Å². The van der Waals surface area contributed by atoms with Crippen molar-refractivity contribution in [3.63, 3.8) is 0 Å². The summed E-state index contributed by atoms with van der Waals surface area (Å²) in [5, 5.41) is 21.4. The minimum Gasteiger partial charge on any atom is -0.424 e. The molecular formula is C20H15N5O3. The Morgan fingerprint density at radius 3 is 2.57 bits per heavy atom. The fourth-order valence-corrected chi connectivity index (χ4v) is 3.45. The molecule has 28 heavy (non-hydrogen) atoms. The number of aromatic nitrogens is 1. The summed E-state index contributed by atoms with van der Waals surface area (Å²) in [4.78, 5) is 17.1.